The average Bonchev–Trinajstić information content (AvgIpc) is 2.55. The zero-order valence-corrected chi connectivity index (χ0v) is 17.8. The Hall–Kier alpha value is -1.79. The predicted octanol–water partition coefficient (Wildman–Crippen LogP) is 3.02. The molecule has 0 aliphatic heterocycles. The number of alkyl carbamates (subject to hydrolysis) is 1. The van der Waals surface area contributed by atoms with E-state index in [1.807, 2.05) is 58.9 Å². The van der Waals surface area contributed by atoms with Gasteiger partial charge in [0.25, 0.3) is 0 Å². The van der Waals surface area contributed by atoms with Gasteiger partial charge in [0.05, 0.1) is 11.2 Å². The fraction of sp³-hybridized carbons (Fsp3) is 0.571. The van der Waals surface area contributed by atoms with Crippen molar-refractivity contribution in [2.45, 2.75) is 71.2 Å². The van der Waals surface area contributed by atoms with Gasteiger partial charge in [-0.3, -0.25) is 0 Å². The molecule has 1 rings (SSSR count). The minimum atomic E-state index is -1.03. The third kappa shape index (κ3) is 7.39. The fourth-order valence-corrected chi connectivity index (χ4v) is 2.33. The van der Waals surface area contributed by atoms with Crippen LogP contribution in [0.2, 0.25) is 0 Å². The zero-order chi connectivity index (χ0) is 20.9. The van der Waals surface area contributed by atoms with Crippen LogP contribution in [0.15, 0.2) is 36.9 Å². The normalized spacial score (nSPS) is 15.4. The van der Waals surface area contributed by atoms with Crippen LogP contribution in [0.1, 0.15) is 59.9 Å². The summed E-state index contributed by atoms with van der Waals surface area (Å²) in [5.74, 6) is 0.155. The summed E-state index contributed by atoms with van der Waals surface area (Å²) in [4.78, 5) is 11.8. The largest absolute Gasteiger partial charge is 0.444 e. The van der Waals surface area contributed by atoms with Gasteiger partial charge in [-0.25, -0.2) is 4.79 Å². The standard InChI is InChI=1S/C21H34BNO4/c1-9-21(8,20(6,7)25)27-22-17-12-10-16(11-13-17)15(2)14-23-18(24)26-19(3,4)5/h9-13,15,22,25H,1,14H2,2-8H3,(H,23,24). The number of amides is 1. The van der Waals surface area contributed by atoms with Crippen LogP contribution >= 0.6 is 0 Å². The highest BCUT2D eigenvalue weighted by molar-refractivity contribution is 6.47. The van der Waals surface area contributed by atoms with Gasteiger partial charge >= 0.3 is 13.6 Å². The van der Waals surface area contributed by atoms with E-state index in [1.54, 1.807) is 19.9 Å². The van der Waals surface area contributed by atoms with Crippen molar-refractivity contribution in [1.82, 2.24) is 5.32 Å². The molecule has 27 heavy (non-hydrogen) atoms. The SMILES string of the molecule is C=CC(C)(OBc1ccc(C(C)CNC(=O)OC(C)(C)C)cc1)C(C)(C)O. The van der Waals surface area contributed by atoms with Gasteiger partial charge in [0, 0.05) is 6.54 Å². The van der Waals surface area contributed by atoms with Crippen molar-refractivity contribution in [2.75, 3.05) is 6.54 Å². The second-order valence-electron chi connectivity index (χ2n) is 8.68. The molecule has 0 aliphatic rings. The minimum absolute atomic E-state index is 0.155. The van der Waals surface area contributed by atoms with Gasteiger partial charge in [-0.15, -0.1) is 6.58 Å². The van der Waals surface area contributed by atoms with E-state index < -0.39 is 22.9 Å². The first-order valence-electron chi connectivity index (χ1n) is 9.33. The maximum absolute atomic E-state index is 11.8. The fourth-order valence-electron chi connectivity index (χ4n) is 2.33. The molecule has 0 saturated carbocycles. The van der Waals surface area contributed by atoms with Crippen molar-refractivity contribution >= 4 is 19.0 Å². The molecule has 0 fully saturated rings. The van der Waals surface area contributed by atoms with Crippen LogP contribution in [0.3, 0.4) is 0 Å². The summed E-state index contributed by atoms with van der Waals surface area (Å²) >= 11 is 0. The Morgan fingerprint density at radius 3 is 2.22 bits per heavy atom. The Morgan fingerprint density at radius 2 is 1.78 bits per heavy atom. The Morgan fingerprint density at radius 1 is 1.22 bits per heavy atom. The van der Waals surface area contributed by atoms with Crippen LogP contribution in [0.25, 0.3) is 0 Å². The molecule has 1 aromatic carbocycles. The second-order valence-corrected chi connectivity index (χ2v) is 8.68. The van der Waals surface area contributed by atoms with Gasteiger partial charge in [-0.2, -0.15) is 0 Å². The van der Waals surface area contributed by atoms with Gasteiger partial charge in [-0.05, 0) is 53.0 Å². The molecule has 0 saturated heterocycles. The highest BCUT2D eigenvalue weighted by Gasteiger charge is 2.37. The van der Waals surface area contributed by atoms with Crippen LogP contribution in [-0.2, 0) is 9.39 Å². The van der Waals surface area contributed by atoms with E-state index in [1.165, 1.54) is 0 Å². The van der Waals surface area contributed by atoms with Crippen LogP contribution in [0.4, 0.5) is 4.79 Å². The lowest BCUT2D eigenvalue weighted by Crippen LogP contribution is -2.50. The Kier molecular flexibility index (Phi) is 7.70. The highest BCUT2D eigenvalue weighted by atomic mass is 16.6. The molecule has 0 heterocycles. The molecule has 0 aromatic heterocycles. The van der Waals surface area contributed by atoms with Crippen LogP contribution in [0, 0.1) is 0 Å². The van der Waals surface area contributed by atoms with Gasteiger partial charge in [0.15, 0.2) is 0 Å². The Balaban J connectivity index is 2.60. The number of ether oxygens (including phenoxy) is 1. The molecule has 1 aromatic rings. The lowest BCUT2D eigenvalue weighted by molar-refractivity contribution is -0.0706. The topological polar surface area (TPSA) is 67.8 Å². The highest BCUT2D eigenvalue weighted by Crippen LogP contribution is 2.26. The first-order valence-corrected chi connectivity index (χ1v) is 9.33. The van der Waals surface area contributed by atoms with Crippen LogP contribution in [-0.4, -0.2) is 42.0 Å². The number of carbonyl (C=O) groups excluding carboxylic acids is 1. The first-order chi connectivity index (χ1) is 12.3. The van der Waals surface area contributed by atoms with Gasteiger partial charge in [0.2, 0.25) is 0 Å². The molecular weight excluding hydrogens is 341 g/mol. The number of carbonyl (C=O) groups is 1. The number of benzene rings is 1. The first kappa shape index (κ1) is 23.3. The Bertz CT molecular complexity index is 631. The van der Waals surface area contributed by atoms with E-state index in [-0.39, 0.29) is 5.92 Å². The maximum Gasteiger partial charge on any atom is 0.407 e. The average molecular weight is 375 g/mol. The van der Waals surface area contributed by atoms with Gasteiger partial charge in [-0.1, -0.05) is 42.7 Å². The molecule has 2 unspecified atom stereocenters. The van der Waals surface area contributed by atoms with Crippen molar-refractivity contribution < 1.29 is 19.3 Å². The molecule has 2 atom stereocenters. The number of nitrogens with one attached hydrogen (secondary N) is 1. The second kappa shape index (κ2) is 8.94. The minimum Gasteiger partial charge on any atom is -0.444 e. The predicted molar refractivity (Wildman–Crippen MR) is 112 cm³/mol. The molecule has 5 nitrogen and oxygen atoms in total. The molecule has 0 radical (unpaired) electrons. The molecule has 6 heteroatoms. The molecular formula is C21H34BNO4. The summed E-state index contributed by atoms with van der Waals surface area (Å²) in [6.07, 6.45) is 1.22. The number of rotatable bonds is 8. The molecule has 1 amide bonds. The van der Waals surface area contributed by atoms with E-state index in [9.17, 15) is 9.90 Å². The number of hydrogen-bond acceptors (Lipinski definition) is 4. The monoisotopic (exact) mass is 375 g/mol. The molecule has 0 spiro atoms. The summed E-state index contributed by atoms with van der Waals surface area (Å²) in [5.41, 5.74) is -0.252. The third-order valence-corrected chi connectivity index (χ3v) is 4.64. The maximum atomic E-state index is 11.8. The van der Waals surface area contributed by atoms with Crippen molar-refractivity contribution in [1.29, 1.82) is 0 Å². The van der Waals surface area contributed by atoms with E-state index >= 15 is 0 Å². The molecule has 0 bridgehead atoms. The molecule has 2 N–H and O–H groups in total. The molecule has 150 valence electrons. The van der Waals surface area contributed by atoms with Crippen molar-refractivity contribution in [3.63, 3.8) is 0 Å². The lowest BCUT2D eigenvalue weighted by Gasteiger charge is -2.38. The van der Waals surface area contributed by atoms with E-state index in [2.05, 4.69) is 11.9 Å². The zero-order valence-electron chi connectivity index (χ0n) is 17.8. The summed E-state index contributed by atoms with van der Waals surface area (Å²) in [6, 6.07) is 8.03. The van der Waals surface area contributed by atoms with Gasteiger partial charge < -0.3 is 19.8 Å². The van der Waals surface area contributed by atoms with E-state index in [0.717, 1.165) is 11.0 Å². The Labute approximate surface area is 164 Å². The number of hydrogen-bond donors (Lipinski definition) is 2. The quantitative estimate of drug-likeness (QED) is 0.542. The summed E-state index contributed by atoms with van der Waals surface area (Å²) < 4.78 is 11.2. The van der Waals surface area contributed by atoms with Crippen molar-refractivity contribution in [3.05, 3.63) is 42.5 Å². The third-order valence-electron chi connectivity index (χ3n) is 4.64. The summed E-state index contributed by atoms with van der Waals surface area (Å²) in [6.45, 7) is 17.1. The smallest absolute Gasteiger partial charge is 0.407 e. The summed E-state index contributed by atoms with van der Waals surface area (Å²) in [7, 11) is 0.372. The molecule has 0 aliphatic carbocycles. The number of aliphatic hydroxyl groups is 1. The van der Waals surface area contributed by atoms with Crippen molar-refractivity contribution in [2.24, 2.45) is 0 Å². The van der Waals surface area contributed by atoms with E-state index in [0.29, 0.717) is 14.0 Å². The van der Waals surface area contributed by atoms with Crippen LogP contribution in [0.5, 0.6) is 0 Å². The lowest BCUT2D eigenvalue weighted by atomic mass is 9.81. The van der Waals surface area contributed by atoms with Gasteiger partial charge in [0.1, 0.15) is 5.60 Å². The van der Waals surface area contributed by atoms with E-state index in [4.69, 9.17) is 9.39 Å². The van der Waals surface area contributed by atoms with Crippen LogP contribution < -0.4 is 10.8 Å². The van der Waals surface area contributed by atoms with Crippen molar-refractivity contribution in [3.8, 4) is 0 Å². The summed E-state index contributed by atoms with van der Waals surface area (Å²) in [5, 5.41) is 13.1.